The number of quaternary nitrogens is 2. The van der Waals surface area contributed by atoms with E-state index in [1.807, 2.05) is 0 Å². The van der Waals surface area contributed by atoms with Crippen LogP contribution in [0.5, 0.6) is 0 Å². The molecule has 1 aliphatic rings. The molecule has 0 radical (unpaired) electrons. The quantitative estimate of drug-likeness (QED) is 0.0353. The SMILES string of the molecule is [3H]CC(O)CO[Si]1(CCC[N+](C)(C)CCCCCCCCCCCCCCCCCC)OCC(CC(C)C)OCC(C(C)C)CO[Si](CCC[N+](C)(C)CCCCCCCCCCCCCCCCCC)(OCC(O)C[3H])O1. The number of hydrogen-bond acceptors (Lipinski definition) is 8. The number of hydrogen-bond donors (Lipinski definition) is 2. The highest BCUT2D eigenvalue weighted by molar-refractivity contribution is 6.75. The molecule has 6 atom stereocenters. The van der Waals surface area contributed by atoms with Crippen LogP contribution in [0.3, 0.4) is 0 Å². The topological polar surface area (TPSA) is 95.8 Å². The van der Waals surface area contributed by atoms with E-state index in [2.05, 4.69) is 69.7 Å². The summed E-state index contributed by atoms with van der Waals surface area (Å²) in [4.78, 5) is 0. The van der Waals surface area contributed by atoms with Crippen LogP contribution in [0, 0.1) is 17.8 Å². The minimum Gasteiger partial charge on any atom is -0.391 e. The average molecular weight is 1120 g/mol. The van der Waals surface area contributed by atoms with Crippen molar-refractivity contribution in [3.63, 3.8) is 0 Å². The standard InChI is InChI=1S/C64H136N2O8Si2/c1-13-15-17-19-21-23-25-27-29-31-33-35-37-39-41-43-47-65(9,10)49-45-51-75(70-54-61(7)67)72-57-63(60(5)6)56-69-64(53-59(3)4)58-73-76(74-75,71-55-62(8)68)52-46-50-66(11,12)48-44-42-40-38-36-34-32-30-28-26-24-22-20-18-16-14-2/h59-64,67-68H,13-58H2,1-12H3/q+2/i7T,8T. The van der Waals surface area contributed by atoms with Gasteiger partial charge in [0, 0.05) is 40.2 Å². The van der Waals surface area contributed by atoms with Crippen molar-refractivity contribution in [3.05, 3.63) is 0 Å². The lowest BCUT2D eigenvalue weighted by molar-refractivity contribution is -0.890. The molecule has 12 heteroatoms. The van der Waals surface area contributed by atoms with Crippen LogP contribution in [0.15, 0.2) is 0 Å². The first kappa shape index (κ1) is 70.3. The smallest absolute Gasteiger partial charge is 0.391 e. The largest absolute Gasteiger partial charge is 0.494 e. The van der Waals surface area contributed by atoms with Crippen molar-refractivity contribution in [1.29, 1.82) is 0 Å². The van der Waals surface area contributed by atoms with Gasteiger partial charge in [0.15, 0.2) is 0 Å². The molecule has 0 amide bonds. The van der Waals surface area contributed by atoms with Gasteiger partial charge in [0.1, 0.15) is 0 Å². The molecule has 0 saturated carbocycles. The summed E-state index contributed by atoms with van der Waals surface area (Å²) in [6.45, 7) is 18.1. The molecule has 1 aliphatic heterocycles. The Morgan fingerprint density at radius 1 is 0.461 bits per heavy atom. The van der Waals surface area contributed by atoms with Crippen molar-refractivity contribution >= 4 is 17.6 Å². The molecule has 0 spiro atoms. The first-order chi connectivity index (χ1) is 37.5. The van der Waals surface area contributed by atoms with E-state index < -0.39 is 29.8 Å². The second-order valence-corrected chi connectivity index (χ2v) is 31.9. The number of rotatable bonds is 51. The molecule has 1 rings (SSSR count). The Hall–Kier alpha value is 0.0338. The lowest BCUT2D eigenvalue weighted by atomic mass is 9.98. The number of aliphatic hydroxyl groups excluding tert-OH is 2. The molecule has 76 heavy (non-hydrogen) atoms. The predicted octanol–water partition coefficient (Wildman–Crippen LogP) is 16.9. The van der Waals surface area contributed by atoms with Gasteiger partial charge in [-0.2, -0.15) is 0 Å². The highest BCUT2D eigenvalue weighted by atomic mass is 28.5. The second kappa shape index (κ2) is 46.5. The van der Waals surface area contributed by atoms with Gasteiger partial charge >= 0.3 is 17.6 Å². The fraction of sp³-hybridized carbons (Fsp3) is 1.00. The Morgan fingerprint density at radius 2 is 0.776 bits per heavy atom. The van der Waals surface area contributed by atoms with Gasteiger partial charge in [0.25, 0.3) is 0 Å². The van der Waals surface area contributed by atoms with E-state index >= 15 is 0 Å². The van der Waals surface area contributed by atoms with Crippen molar-refractivity contribution in [3.8, 4) is 0 Å². The molecule has 0 bridgehead atoms. The summed E-state index contributed by atoms with van der Waals surface area (Å²) >= 11 is 0. The van der Waals surface area contributed by atoms with Crippen LogP contribution in [0.1, 0.15) is 283 Å². The molecular formula is C64H136N2O8Si2+2. The van der Waals surface area contributed by atoms with Gasteiger partial charge in [0.05, 0.1) is 99.1 Å². The maximum absolute atomic E-state index is 10.9. The van der Waals surface area contributed by atoms with E-state index in [-0.39, 0.29) is 51.6 Å². The molecule has 0 aromatic heterocycles. The predicted molar refractivity (Wildman–Crippen MR) is 329 cm³/mol. The summed E-state index contributed by atoms with van der Waals surface area (Å²) in [6.07, 6.45) is 43.9. The summed E-state index contributed by atoms with van der Waals surface area (Å²) < 4.78 is 60.0. The molecule has 0 aromatic carbocycles. The Morgan fingerprint density at radius 3 is 1.09 bits per heavy atom. The van der Waals surface area contributed by atoms with E-state index in [9.17, 15) is 10.2 Å². The monoisotopic (exact) mass is 1120 g/mol. The van der Waals surface area contributed by atoms with Crippen LogP contribution in [-0.4, -0.2) is 143 Å². The molecule has 1 fully saturated rings. The minimum atomic E-state index is -3.76. The van der Waals surface area contributed by atoms with Crippen molar-refractivity contribution < 1.29 is 48.5 Å². The molecule has 1 saturated heterocycles. The van der Waals surface area contributed by atoms with E-state index in [1.165, 1.54) is 205 Å². The summed E-state index contributed by atoms with van der Waals surface area (Å²) in [5.74, 6) is 0.726. The van der Waals surface area contributed by atoms with Crippen LogP contribution in [0.25, 0.3) is 0 Å². The molecule has 6 unspecified atom stereocenters. The third kappa shape index (κ3) is 41.9. The normalized spacial score (nSPS) is 21.5. The zero-order valence-electron chi connectivity index (χ0n) is 54.6. The van der Waals surface area contributed by atoms with Crippen LogP contribution in [0.4, 0.5) is 0 Å². The molecule has 0 aromatic rings. The Labute approximate surface area is 479 Å². The van der Waals surface area contributed by atoms with E-state index in [1.54, 1.807) is 0 Å². The van der Waals surface area contributed by atoms with Gasteiger partial charge < -0.3 is 45.7 Å². The second-order valence-electron chi connectivity index (χ2n) is 26.2. The highest BCUT2D eigenvalue weighted by Crippen LogP contribution is 2.33. The molecule has 10 nitrogen and oxygen atoms in total. The fourth-order valence-electron chi connectivity index (χ4n) is 11.0. The summed E-state index contributed by atoms with van der Waals surface area (Å²) in [5.41, 5.74) is 0. The van der Waals surface area contributed by atoms with Gasteiger partial charge in [-0.15, -0.1) is 0 Å². The van der Waals surface area contributed by atoms with Crippen LogP contribution >= 0.6 is 0 Å². The van der Waals surface area contributed by atoms with Gasteiger partial charge in [0.2, 0.25) is 0 Å². The molecule has 456 valence electrons. The van der Waals surface area contributed by atoms with Crippen molar-refractivity contribution in [1.82, 2.24) is 0 Å². The van der Waals surface area contributed by atoms with Crippen LogP contribution in [0.2, 0.25) is 12.1 Å². The summed E-state index contributed by atoms with van der Waals surface area (Å²) in [7, 11) is 1.82. The van der Waals surface area contributed by atoms with Gasteiger partial charge in [-0.25, -0.2) is 0 Å². The van der Waals surface area contributed by atoms with Crippen molar-refractivity contribution in [2.75, 3.05) is 87.4 Å². The van der Waals surface area contributed by atoms with Gasteiger partial charge in [-0.05, 0) is 57.7 Å². The number of nitrogens with zero attached hydrogens (tertiary/aromatic N) is 2. The van der Waals surface area contributed by atoms with Gasteiger partial charge in [-0.3, -0.25) is 0 Å². The third-order valence-corrected chi connectivity index (χ3v) is 23.1. The fourth-order valence-corrected chi connectivity index (χ4v) is 18.4. The lowest BCUT2D eigenvalue weighted by Crippen LogP contribution is -2.61. The lowest BCUT2D eigenvalue weighted by Gasteiger charge is -2.40. The minimum absolute atomic E-state index is 0.0739. The maximum Gasteiger partial charge on any atom is 0.494 e. The van der Waals surface area contributed by atoms with E-state index in [0.29, 0.717) is 31.2 Å². The number of unbranched alkanes of at least 4 members (excludes halogenated alkanes) is 30. The first-order valence-corrected chi connectivity index (χ1v) is 36.8. The van der Waals surface area contributed by atoms with E-state index in [4.69, 9.17) is 29.3 Å². The Kier molecular flexibility index (Phi) is 43.0. The number of aliphatic hydroxyl groups is 2. The van der Waals surface area contributed by atoms with Crippen LogP contribution in [-0.2, 0) is 26.6 Å². The molecular weight excluding hydrogens is 981 g/mol. The zero-order chi connectivity index (χ0) is 57.6. The summed E-state index contributed by atoms with van der Waals surface area (Å²) in [6, 6.07) is 1.02. The Balaban J connectivity index is 3.10. The number of ether oxygens (including phenoxy) is 1. The zero-order valence-corrected chi connectivity index (χ0v) is 54.6. The summed E-state index contributed by atoms with van der Waals surface area (Å²) in [5, 5.41) is 21.8. The van der Waals surface area contributed by atoms with Crippen molar-refractivity contribution in [2.24, 2.45) is 17.8 Å². The maximum atomic E-state index is 10.9. The van der Waals surface area contributed by atoms with Gasteiger partial charge in [-0.1, -0.05) is 221 Å². The highest BCUT2D eigenvalue weighted by Gasteiger charge is 2.55. The third-order valence-electron chi connectivity index (χ3n) is 16.3. The Bertz CT molecular complexity index is 1330. The molecule has 1 heterocycles. The first-order valence-electron chi connectivity index (χ1n) is 34.3. The average Bonchev–Trinajstić information content (AvgIpc) is 3.42. The van der Waals surface area contributed by atoms with E-state index in [0.717, 1.165) is 54.4 Å². The van der Waals surface area contributed by atoms with Crippen LogP contribution < -0.4 is 0 Å². The molecule has 2 N–H and O–H groups in total. The van der Waals surface area contributed by atoms with Crippen molar-refractivity contribution in [2.45, 2.75) is 310 Å². The molecule has 0 aliphatic carbocycles.